The molecule has 4 aromatic carbocycles. The number of nitrogens with one attached hydrogen (secondary N) is 1. The number of carbonyl (C=O) groups is 2. The number of hydrogen-bond donors (Lipinski definition) is 3. The van der Waals surface area contributed by atoms with E-state index in [1.165, 1.54) is 0 Å². The van der Waals surface area contributed by atoms with Gasteiger partial charge < -0.3 is 29.9 Å². The van der Waals surface area contributed by atoms with E-state index in [2.05, 4.69) is 21.2 Å². The first-order valence-electron chi connectivity index (χ1n) is 17.1. The highest BCUT2D eigenvalue weighted by molar-refractivity contribution is 5.80. The normalized spacial score (nSPS) is 19.4. The van der Waals surface area contributed by atoms with E-state index in [4.69, 9.17) is 14.6 Å². The zero-order chi connectivity index (χ0) is 35.7. The second-order valence-electron chi connectivity index (χ2n) is 12.9. The largest absolute Gasteiger partial charge is 0.481 e. The first-order valence-corrected chi connectivity index (χ1v) is 17.1. The van der Waals surface area contributed by atoms with Gasteiger partial charge in [-0.15, -0.1) is 0 Å². The van der Waals surface area contributed by atoms with Crippen molar-refractivity contribution in [2.45, 2.75) is 50.9 Å². The van der Waals surface area contributed by atoms with Gasteiger partial charge >= 0.3 is 5.97 Å². The molecule has 12 heteroatoms. The van der Waals surface area contributed by atoms with E-state index < -0.39 is 12.3 Å². The molecule has 2 saturated heterocycles. The fraction of sp³-hybridized carbons (Fsp3) is 0.333. The van der Waals surface area contributed by atoms with Gasteiger partial charge in [0.2, 0.25) is 5.91 Å². The van der Waals surface area contributed by atoms with Crippen molar-refractivity contribution in [2.75, 3.05) is 37.6 Å². The first kappa shape index (κ1) is 35.7. The summed E-state index contributed by atoms with van der Waals surface area (Å²) < 4.78 is 13.3. The van der Waals surface area contributed by atoms with Gasteiger partial charge in [0.15, 0.2) is 6.29 Å². The molecule has 2 aliphatic heterocycles. The standard InChI is InChI=1S/C39H42N4O8/c44-26-27-7-9-29(10-8-27)36-23-35(25-41-17-19-42(20-18-41)33-11-13-34(14-12-33)43(48)49)50-39(51-36)32-6-2-5-31(22-32)30-4-1-3-28(21-30)24-40-37(45)15-16-38(46)47/h1-14,21-22,35-36,39,44H,15-20,23-26H2,(H,40,45)(H,46,47). The summed E-state index contributed by atoms with van der Waals surface area (Å²) in [6.45, 7) is 4.22. The van der Waals surface area contributed by atoms with Crippen LogP contribution in [0, 0.1) is 10.1 Å². The number of aliphatic carboxylic acids is 1. The van der Waals surface area contributed by atoms with Crippen LogP contribution < -0.4 is 10.2 Å². The summed E-state index contributed by atoms with van der Waals surface area (Å²) in [7, 11) is 0. The Labute approximate surface area is 296 Å². The Morgan fingerprint density at radius 1 is 0.824 bits per heavy atom. The van der Waals surface area contributed by atoms with Gasteiger partial charge in [0, 0.05) is 75.5 Å². The van der Waals surface area contributed by atoms with Crippen LogP contribution in [0.4, 0.5) is 11.4 Å². The Morgan fingerprint density at radius 3 is 2.22 bits per heavy atom. The van der Waals surface area contributed by atoms with E-state index in [9.17, 15) is 24.8 Å². The molecule has 0 aromatic heterocycles. The number of piperazine rings is 1. The minimum absolute atomic E-state index is 0.0307. The van der Waals surface area contributed by atoms with E-state index in [1.54, 1.807) is 24.3 Å². The molecule has 3 N–H and O–H groups in total. The van der Waals surface area contributed by atoms with Gasteiger partial charge in [0.25, 0.3) is 5.69 Å². The van der Waals surface area contributed by atoms with E-state index in [0.29, 0.717) is 13.0 Å². The van der Waals surface area contributed by atoms with Gasteiger partial charge in [0.05, 0.1) is 30.2 Å². The Morgan fingerprint density at radius 2 is 1.53 bits per heavy atom. The Hall–Kier alpha value is -5.14. The van der Waals surface area contributed by atoms with Crippen molar-refractivity contribution in [2.24, 2.45) is 0 Å². The summed E-state index contributed by atoms with van der Waals surface area (Å²) >= 11 is 0. The van der Waals surface area contributed by atoms with Gasteiger partial charge in [-0.05, 0) is 52.1 Å². The fourth-order valence-electron chi connectivity index (χ4n) is 6.53. The lowest BCUT2D eigenvalue weighted by atomic mass is 9.98. The quantitative estimate of drug-likeness (QED) is 0.119. The number of anilines is 1. The third kappa shape index (κ3) is 9.56. The van der Waals surface area contributed by atoms with Crippen molar-refractivity contribution in [3.63, 3.8) is 0 Å². The third-order valence-electron chi connectivity index (χ3n) is 9.35. The van der Waals surface area contributed by atoms with E-state index in [0.717, 1.165) is 71.8 Å². The number of aliphatic hydroxyl groups is 1. The maximum Gasteiger partial charge on any atom is 0.303 e. The third-order valence-corrected chi connectivity index (χ3v) is 9.35. The van der Waals surface area contributed by atoms with Crippen LogP contribution in [-0.4, -0.2) is 70.7 Å². The topological polar surface area (TPSA) is 155 Å². The monoisotopic (exact) mass is 694 g/mol. The number of nitro benzene ring substituents is 1. The molecule has 1 amide bonds. The van der Waals surface area contributed by atoms with Crippen molar-refractivity contribution in [3.8, 4) is 11.1 Å². The molecule has 2 fully saturated rings. The Bertz CT molecular complexity index is 1810. The highest BCUT2D eigenvalue weighted by Gasteiger charge is 2.34. The predicted octanol–water partition coefficient (Wildman–Crippen LogP) is 5.60. The van der Waals surface area contributed by atoms with E-state index >= 15 is 0 Å². The van der Waals surface area contributed by atoms with Crippen LogP contribution in [0.3, 0.4) is 0 Å². The van der Waals surface area contributed by atoms with Crippen molar-refractivity contribution >= 4 is 23.3 Å². The number of benzene rings is 4. The zero-order valence-electron chi connectivity index (χ0n) is 28.2. The lowest BCUT2D eigenvalue weighted by molar-refractivity contribution is -0.384. The summed E-state index contributed by atoms with van der Waals surface area (Å²) in [6.07, 6.45) is -0.569. The molecule has 0 spiro atoms. The molecule has 3 atom stereocenters. The summed E-state index contributed by atoms with van der Waals surface area (Å²) in [5.74, 6) is -1.31. The van der Waals surface area contributed by atoms with Crippen LogP contribution in [0.15, 0.2) is 97.1 Å². The summed E-state index contributed by atoms with van der Waals surface area (Å²) in [5.41, 5.74) is 6.61. The number of hydrogen-bond acceptors (Lipinski definition) is 9. The molecule has 0 saturated carbocycles. The van der Waals surface area contributed by atoms with Gasteiger partial charge in [-0.2, -0.15) is 0 Å². The number of non-ortho nitro benzene ring substituents is 1. The smallest absolute Gasteiger partial charge is 0.303 e. The number of amides is 1. The molecule has 266 valence electrons. The molecule has 4 aromatic rings. The second kappa shape index (κ2) is 16.7. The molecule has 0 radical (unpaired) electrons. The van der Waals surface area contributed by atoms with Crippen LogP contribution in [0.1, 0.15) is 53.9 Å². The SMILES string of the molecule is O=C(O)CCC(=O)NCc1cccc(-c2cccc(C3OC(CN4CCN(c5ccc([N+](=O)[O-])cc5)CC4)CC(c4ccc(CO)cc4)O3)c2)c1. The van der Waals surface area contributed by atoms with Crippen molar-refractivity contribution in [3.05, 3.63) is 129 Å². The minimum Gasteiger partial charge on any atom is -0.481 e. The van der Waals surface area contributed by atoms with E-state index in [1.807, 2.05) is 66.7 Å². The predicted molar refractivity (Wildman–Crippen MR) is 191 cm³/mol. The van der Waals surface area contributed by atoms with E-state index in [-0.39, 0.29) is 48.2 Å². The number of rotatable bonds is 13. The molecule has 6 rings (SSSR count). The molecule has 2 heterocycles. The van der Waals surface area contributed by atoms with Crippen LogP contribution in [0.25, 0.3) is 11.1 Å². The summed E-state index contributed by atoms with van der Waals surface area (Å²) in [4.78, 5) is 38.2. The molecule has 12 nitrogen and oxygen atoms in total. The van der Waals surface area contributed by atoms with Crippen molar-refractivity contribution < 1.29 is 34.2 Å². The number of aliphatic hydroxyl groups excluding tert-OH is 1. The minimum atomic E-state index is -1.00. The van der Waals surface area contributed by atoms with Gasteiger partial charge in [-0.3, -0.25) is 24.6 Å². The number of carboxylic acids is 1. The Kier molecular flexibility index (Phi) is 11.7. The molecular weight excluding hydrogens is 652 g/mol. The zero-order valence-corrected chi connectivity index (χ0v) is 28.2. The molecule has 0 bridgehead atoms. The van der Waals surface area contributed by atoms with Gasteiger partial charge in [-0.25, -0.2) is 0 Å². The first-order chi connectivity index (χ1) is 24.7. The van der Waals surface area contributed by atoms with Crippen LogP contribution in [0.2, 0.25) is 0 Å². The van der Waals surface area contributed by atoms with Crippen LogP contribution in [-0.2, 0) is 32.2 Å². The highest BCUT2D eigenvalue weighted by atomic mass is 16.7. The number of nitro groups is 1. The van der Waals surface area contributed by atoms with Crippen molar-refractivity contribution in [1.29, 1.82) is 0 Å². The summed E-state index contributed by atoms with van der Waals surface area (Å²) in [5, 5.41) is 32.3. The lowest BCUT2D eigenvalue weighted by Gasteiger charge is -2.41. The molecule has 3 unspecified atom stereocenters. The van der Waals surface area contributed by atoms with Gasteiger partial charge in [0.1, 0.15) is 0 Å². The fourth-order valence-corrected chi connectivity index (χ4v) is 6.53. The average Bonchev–Trinajstić information content (AvgIpc) is 3.16. The number of ether oxygens (including phenoxy) is 2. The number of nitrogens with zero attached hydrogens (tertiary/aromatic N) is 3. The number of carbonyl (C=O) groups excluding carboxylic acids is 1. The van der Waals surface area contributed by atoms with Crippen molar-refractivity contribution in [1.82, 2.24) is 10.2 Å². The maximum absolute atomic E-state index is 12.1. The summed E-state index contributed by atoms with van der Waals surface area (Å²) in [6, 6.07) is 30.4. The Balaban J connectivity index is 1.15. The molecule has 0 aliphatic carbocycles. The van der Waals surface area contributed by atoms with Crippen LogP contribution in [0.5, 0.6) is 0 Å². The average molecular weight is 695 g/mol. The second-order valence-corrected chi connectivity index (χ2v) is 12.9. The lowest BCUT2D eigenvalue weighted by Crippen LogP contribution is -2.49. The molecule has 2 aliphatic rings. The van der Waals surface area contributed by atoms with Crippen LogP contribution >= 0.6 is 0 Å². The number of carboxylic acid groups (broad SMARTS) is 1. The van der Waals surface area contributed by atoms with Gasteiger partial charge in [-0.1, -0.05) is 60.7 Å². The highest BCUT2D eigenvalue weighted by Crippen LogP contribution is 2.39. The molecule has 51 heavy (non-hydrogen) atoms. The molecular formula is C39H42N4O8. The maximum atomic E-state index is 12.1.